The predicted molar refractivity (Wildman–Crippen MR) is 125 cm³/mol. The van der Waals surface area contributed by atoms with Crippen LogP contribution in [0.2, 0.25) is 0 Å². The molecular formula is C25H28N2O4S. The summed E-state index contributed by atoms with van der Waals surface area (Å²) in [5.74, 6) is 0.270. The summed E-state index contributed by atoms with van der Waals surface area (Å²) in [5, 5.41) is 5.15. The Morgan fingerprint density at radius 2 is 1.81 bits per heavy atom. The lowest BCUT2D eigenvalue weighted by molar-refractivity contribution is -0.126. The van der Waals surface area contributed by atoms with Crippen molar-refractivity contribution in [2.75, 3.05) is 26.2 Å². The van der Waals surface area contributed by atoms with E-state index in [1.54, 1.807) is 24.3 Å². The van der Waals surface area contributed by atoms with Crippen LogP contribution in [0.3, 0.4) is 0 Å². The van der Waals surface area contributed by atoms with E-state index >= 15 is 0 Å². The van der Waals surface area contributed by atoms with Crippen LogP contribution in [0.5, 0.6) is 5.75 Å². The Hall–Kier alpha value is -2.90. The molecule has 0 aliphatic carbocycles. The number of amides is 1. The molecule has 0 unspecified atom stereocenters. The molecule has 1 atom stereocenters. The molecule has 0 aromatic heterocycles. The van der Waals surface area contributed by atoms with E-state index in [4.69, 9.17) is 4.74 Å². The Balaban J connectivity index is 1.28. The van der Waals surface area contributed by atoms with Gasteiger partial charge in [-0.3, -0.25) is 4.79 Å². The highest BCUT2D eigenvalue weighted by atomic mass is 32.2. The zero-order valence-corrected chi connectivity index (χ0v) is 19.0. The summed E-state index contributed by atoms with van der Waals surface area (Å²) in [6.45, 7) is 3.27. The summed E-state index contributed by atoms with van der Waals surface area (Å²) in [5.41, 5.74) is 1.01. The van der Waals surface area contributed by atoms with Gasteiger partial charge in [-0.15, -0.1) is 0 Å². The number of nitrogens with one attached hydrogen (secondary N) is 1. The van der Waals surface area contributed by atoms with Crippen LogP contribution >= 0.6 is 0 Å². The third-order valence-corrected chi connectivity index (χ3v) is 7.68. The van der Waals surface area contributed by atoms with E-state index in [0.29, 0.717) is 32.5 Å². The minimum Gasteiger partial charge on any atom is -0.492 e. The molecule has 1 fully saturated rings. The number of fused-ring (bicyclic) bond motifs is 1. The van der Waals surface area contributed by atoms with Crippen LogP contribution in [0.1, 0.15) is 18.4 Å². The smallest absolute Gasteiger partial charge is 0.243 e. The van der Waals surface area contributed by atoms with Gasteiger partial charge in [0.15, 0.2) is 0 Å². The van der Waals surface area contributed by atoms with Crippen molar-refractivity contribution in [1.29, 1.82) is 0 Å². The summed E-state index contributed by atoms with van der Waals surface area (Å²) in [6.07, 6.45) is 1.34. The molecule has 1 N–H and O–H groups in total. The molecule has 32 heavy (non-hydrogen) atoms. The molecule has 7 heteroatoms. The van der Waals surface area contributed by atoms with Crippen LogP contribution < -0.4 is 10.1 Å². The quantitative estimate of drug-likeness (QED) is 0.554. The fourth-order valence-electron chi connectivity index (χ4n) is 3.98. The van der Waals surface area contributed by atoms with E-state index in [1.807, 2.05) is 49.4 Å². The monoisotopic (exact) mass is 452 g/mol. The number of carbonyl (C=O) groups excluding carboxylic acids is 1. The molecule has 6 nitrogen and oxygen atoms in total. The first-order valence-electron chi connectivity index (χ1n) is 10.9. The number of piperidine rings is 1. The number of hydrogen-bond acceptors (Lipinski definition) is 4. The first kappa shape index (κ1) is 22.3. The summed E-state index contributed by atoms with van der Waals surface area (Å²) in [7, 11) is -3.60. The number of aryl methyl sites for hydroxylation is 1. The van der Waals surface area contributed by atoms with Crippen molar-refractivity contribution in [1.82, 2.24) is 9.62 Å². The van der Waals surface area contributed by atoms with Crippen LogP contribution in [0, 0.1) is 12.8 Å². The lowest BCUT2D eigenvalue weighted by atomic mass is 9.99. The van der Waals surface area contributed by atoms with Crippen molar-refractivity contribution in [2.24, 2.45) is 5.92 Å². The van der Waals surface area contributed by atoms with Gasteiger partial charge in [-0.1, -0.05) is 48.0 Å². The molecule has 0 radical (unpaired) electrons. The van der Waals surface area contributed by atoms with Crippen LogP contribution in [0.25, 0.3) is 10.8 Å². The van der Waals surface area contributed by atoms with Crippen LogP contribution in [-0.4, -0.2) is 44.9 Å². The number of sulfonamides is 1. The maximum Gasteiger partial charge on any atom is 0.243 e. The van der Waals surface area contributed by atoms with Gasteiger partial charge in [-0.2, -0.15) is 4.31 Å². The van der Waals surface area contributed by atoms with E-state index < -0.39 is 10.0 Å². The molecule has 1 aliphatic heterocycles. The molecule has 168 valence electrons. The largest absolute Gasteiger partial charge is 0.492 e. The first-order valence-corrected chi connectivity index (χ1v) is 12.3. The Bertz CT molecular complexity index is 1190. The van der Waals surface area contributed by atoms with Crippen LogP contribution in [0.15, 0.2) is 71.6 Å². The van der Waals surface area contributed by atoms with Crippen molar-refractivity contribution in [3.63, 3.8) is 0 Å². The van der Waals surface area contributed by atoms with Gasteiger partial charge in [-0.25, -0.2) is 8.42 Å². The zero-order valence-electron chi connectivity index (χ0n) is 18.2. The maximum atomic E-state index is 13.0. The van der Waals surface area contributed by atoms with E-state index in [-0.39, 0.29) is 23.3 Å². The van der Waals surface area contributed by atoms with Crippen molar-refractivity contribution < 1.29 is 17.9 Å². The number of nitrogens with zero attached hydrogens (tertiary/aromatic N) is 1. The summed E-state index contributed by atoms with van der Waals surface area (Å²) in [4.78, 5) is 12.9. The molecule has 3 aromatic carbocycles. The van der Waals surface area contributed by atoms with Gasteiger partial charge in [0.2, 0.25) is 15.9 Å². The van der Waals surface area contributed by atoms with Gasteiger partial charge in [0.05, 0.1) is 17.4 Å². The predicted octanol–water partition coefficient (Wildman–Crippen LogP) is 3.74. The van der Waals surface area contributed by atoms with Crippen LogP contribution in [-0.2, 0) is 14.8 Å². The average molecular weight is 453 g/mol. The van der Waals surface area contributed by atoms with Crippen LogP contribution in [0.4, 0.5) is 0 Å². The average Bonchev–Trinajstić information content (AvgIpc) is 2.82. The third-order valence-electron chi connectivity index (χ3n) is 5.80. The molecule has 3 aromatic rings. The summed E-state index contributed by atoms with van der Waals surface area (Å²) < 4.78 is 33.1. The lowest BCUT2D eigenvalue weighted by Crippen LogP contribution is -2.45. The van der Waals surface area contributed by atoms with E-state index in [0.717, 1.165) is 22.1 Å². The Labute approximate surface area is 189 Å². The standard InChI is InChI=1S/C25H28N2O4S/c1-19-8-12-24(13-9-19)32(29,30)27-15-4-7-22(18-27)25(28)26-14-16-31-23-11-10-20-5-2-3-6-21(20)17-23/h2-3,5-6,8-13,17,22H,4,7,14-16,18H2,1H3,(H,26,28)/t22-/m0/s1. The minimum atomic E-state index is -3.60. The highest BCUT2D eigenvalue weighted by Crippen LogP contribution is 2.24. The Kier molecular flexibility index (Phi) is 6.77. The molecule has 1 amide bonds. The van der Waals surface area contributed by atoms with Gasteiger partial charge >= 0.3 is 0 Å². The maximum absolute atomic E-state index is 13.0. The normalized spacial score (nSPS) is 17.2. The topological polar surface area (TPSA) is 75.7 Å². The SMILES string of the molecule is Cc1ccc(S(=O)(=O)N2CCC[C@H](C(=O)NCCOc3ccc4ccccc4c3)C2)cc1. The Morgan fingerprint density at radius 3 is 2.59 bits per heavy atom. The number of hydrogen-bond donors (Lipinski definition) is 1. The number of benzene rings is 3. The van der Waals surface area contributed by atoms with Gasteiger partial charge in [0.25, 0.3) is 0 Å². The van der Waals surface area contributed by atoms with Crippen molar-refractivity contribution in [2.45, 2.75) is 24.7 Å². The van der Waals surface area contributed by atoms with Crippen molar-refractivity contribution in [3.8, 4) is 5.75 Å². The number of ether oxygens (including phenoxy) is 1. The highest BCUT2D eigenvalue weighted by Gasteiger charge is 2.33. The lowest BCUT2D eigenvalue weighted by Gasteiger charge is -2.31. The van der Waals surface area contributed by atoms with E-state index in [1.165, 1.54) is 4.31 Å². The molecule has 0 spiro atoms. The second kappa shape index (κ2) is 9.71. The van der Waals surface area contributed by atoms with Crippen molar-refractivity contribution >= 4 is 26.7 Å². The molecule has 1 heterocycles. The summed E-state index contributed by atoms with van der Waals surface area (Å²) in [6, 6.07) is 20.8. The first-order chi connectivity index (χ1) is 15.4. The fourth-order valence-corrected chi connectivity index (χ4v) is 5.50. The second-order valence-corrected chi connectivity index (χ2v) is 10.1. The van der Waals surface area contributed by atoms with E-state index in [9.17, 15) is 13.2 Å². The van der Waals surface area contributed by atoms with E-state index in [2.05, 4.69) is 5.32 Å². The zero-order chi connectivity index (χ0) is 22.6. The second-order valence-electron chi connectivity index (χ2n) is 8.16. The third kappa shape index (κ3) is 5.11. The van der Waals surface area contributed by atoms with Gasteiger partial charge in [0.1, 0.15) is 12.4 Å². The molecule has 1 saturated heterocycles. The summed E-state index contributed by atoms with van der Waals surface area (Å²) >= 11 is 0. The minimum absolute atomic E-state index is 0.129. The van der Waals surface area contributed by atoms with Gasteiger partial charge in [0, 0.05) is 13.1 Å². The molecule has 0 saturated carbocycles. The Morgan fingerprint density at radius 1 is 1.06 bits per heavy atom. The molecular weight excluding hydrogens is 424 g/mol. The highest BCUT2D eigenvalue weighted by molar-refractivity contribution is 7.89. The number of rotatable bonds is 7. The number of carbonyl (C=O) groups is 1. The van der Waals surface area contributed by atoms with Gasteiger partial charge < -0.3 is 10.1 Å². The van der Waals surface area contributed by atoms with Crippen molar-refractivity contribution in [3.05, 3.63) is 72.3 Å². The molecule has 4 rings (SSSR count). The fraction of sp³-hybridized carbons (Fsp3) is 0.320. The van der Waals surface area contributed by atoms with Gasteiger partial charge in [-0.05, 0) is 54.8 Å². The molecule has 0 bridgehead atoms. The molecule has 1 aliphatic rings.